The molecule has 4 heteroatoms. The monoisotopic (exact) mass is 262 g/mol. The van der Waals surface area contributed by atoms with E-state index in [1.54, 1.807) is 12.3 Å². The van der Waals surface area contributed by atoms with Crippen molar-refractivity contribution in [3.05, 3.63) is 29.6 Å². The molecule has 1 heterocycles. The molecule has 0 spiro atoms. The van der Waals surface area contributed by atoms with Gasteiger partial charge < -0.3 is 4.74 Å². The first-order valence-corrected chi connectivity index (χ1v) is 6.94. The van der Waals surface area contributed by atoms with Crippen molar-refractivity contribution >= 4 is 5.97 Å². The Hall–Kier alpha value is -1.42. The second-order valence-electron chi connectivity index (χ2n) is 5.24. The number of hydrogen-bond acceptors (Lipinski definition) is 4. The van der Waals surface area contributed by atoms with Gasteiger partial charge in [-0.2, -0.15) is 0 Å². The zero-order chi connectivity index (χ0) is 13.7. The Balaban J connectivity index is 1.93. The summed E-state index contributed by atoms with van der Waals surface area (Å²) in [4.78, 5) is 18.0. The van der Waals surface area contributed by atoms with Crippen LogP contribution in [0.4, 0.5) is 0 Å². The lowest BCUT2D eigenvalue weighted by Crippen LogP contribution is -2.33. The Kier molecular flexibility index (Phi) is 4.91. The molecule has 19 heavy (non-hydrogen) atoms. The summed E-state index contributed by atoms with van der Waals surface area (Å²) < 4.78 is 4.66. The summed E-state index contributed by atoms with van der Waals surface area (Å²) in [6.45, 7) is 0.839. The van der Waals surface area contributed by atoms with Gasteiger partial charge in [-0.25, -0.2) is 4.79 Å². The summed E-state index contributed by atoms with van der Waals surface area (Å²) in [5.74, 6) is -0.334. The van der Waals surface area contributed by atoms with E-state index in [0.717, 1.165) is 12.2 Å². The maximum atomic E-state index is 11.3. The second-order valence-corrected chi connectivity index (χ2v) is 5.24. The van der Waals surface area contributed by atoms with Crippen molar-refractivity contribution in [3.63, 3.8) is 0 Å². The summed E-state index contributed by atoms with van der Waals surface area (Å²) in [6, 6.07) is 4.37. The molecule has 2 rings (SSSR count). The van der Waals surface area contributed by atoms with Gasteiger partial charge in [0.1, 0.15) is 0 Å². The van der Waals surface area contributed by atoms with Crippen LogP contribution in [0.1, 0.15) is 48.2 Å². The number of aromatic nitrogens is 1. The lowest BCUT2D eigenvalue weighted by molar-refractivity contribution is 0.0600. The third-order valence-corrected chi connectivity index (χ3v) is 3.86. The minimum absolute atomic E-state index is 0.334. The van der Waals surface area contributed by atoms with Gasteiger partial charge in [0.2, 0.25) is 0 Å². The van der Waals surface area contributed by atoms with Gasteiger partial charge in [0.05, 0.1) is 18.4 Å². The summed E-state index contributed by atoms with van der Waals surface area (Å²) in [5, 5.41) is 0. The maximum Gasteiger partial charge on any atom is 0.339 e. The van der Waals surface area contributed by atoms with Gasteiger partial charge >= 0.3 is 5.97 Å². The highest BCUT2D eigenvalue weighted by atomic mass is 16.5. The van der Waals surface area contributed by atoms with E-state index < -0.39 is 0 Å². The van der Waals surface area contributed by atoms with Gasteiger partial charge in [-0.3, -0.25) is 9.88 Å². The lowest BCUT2D eigenvalue weighted by atomic mass is 9.94. The lowest BCUT2D eigenvalue weighted by Gasteiger charge is -2.30. The van der Waals surface area contributed by atoms with E-state index in [2.05, 4.69) is 21.7 Å². The number of nitrogens with zero attached hydrogens (tertiary/aromatic N) is 2. The number of esters is 1. The van der Waals surface area contributed by atoms with Crippen LogP contribution in [0.25, 0.3) is 0 Å². The van der Waals surface area contributed by atoms with Crippen molar-refractivity contribution < 1.29 is 9.53 Å². The van der Waals surface area contributed by atoms with Gasteiger partial charge in [-0.15, -0.1) is 0 Å². The smallest absolute Gasteiger partial charge is 0.339 e. The highest BCUT2D eigenvalue weighted by Crippen LogP contribution is 2.22. The van der Waals surface area contributed by atoms with Crippen LogP contribution in [0.3, 0.4) is 0 Å². The number of rotatable bonds is 4. The van der Waals surface area contributed by atoms with Crippen LogP contribution in [-0.2, 0) is 11.3 Å². The molecule has 0 atom stereocenters. The number of pyridine rings is 1. The molecular formula is C15H22N2O2. The van der Waals surface area contributed by atoms with Crippen molar-refractivity contribution in [2.75, 3.05) is 14.2 Å². The van der Waals surface area contributed by atoms with Gasteiger partial charge in [0.25, 0.3) is 0 Å². The minimum atomic E-state index is -0.334. The molecule has 1 aromatic heterocycles. The number of hydrogen-bond donors (Lipinski definition) is 0. The average Bonchev–Trinajstić information content (AvgIpc) is 2.48. The number of carbonyl (C=O) groups is 1. The highest BCUT2D eigenvalue weighted by Gasteiger charge is 2.18. The second kappa shape index (κ2) is 6.66. The van der Waals surface area contributed by atoms with Gasteiger partial charge in [0, 0.05) is 18.8 Å². The Labute approximate surface area is 114 Å². The standard InChI is InChI=1S/C15H22N2O2/c1-17(14-6-4-3-5-7-14)11-13-9-8-12(10-16-13)15(18)19-2/h8-10,14H,3-7,11H2,1-2H3. The fraction of sp³-hybridized carbons (Fsp3) is 0.600. The van der Waals surface area contributed by atoms with Crippen LogP contribution in [0, 0.1) is 0 Å². The molecule has 1 saturated carbocycles. The Morgan fingerprint density at radius 1 is 1.37 bits per heavy atom. The quantitative estimate of drug-likeness (QED) is 0.782. The average molecular weight is 262 g/mol. The largest absolute Gasteiger partial charge is 0.465 e. The normalized spacial score (nSPS) is 16.6. The third-order valence-electron chi connectivity index (χ3n) is 3.86. The van der Waals surface area contributed by atoms with Crippen molar-refractivity contribution in [2.24, 2.45) is 0 Å². The van der Waals surface area contributed by atoms with E-state index in [9.17, 15) is 4.79 Å². The predicted octanol–water partition coefficient (Wildman–Crippen LogP) is 2.63. The predicted molar refractivity (Wildman–Crippen MR) is 73.9 cm³/mol. The van der Waals surface area contributed by atoms with E-state index in [0.29, 0.717) is 11.6 Å². The molecule has 104 valence electrons. The fourth-order valence-electron chi connectivity index (χ4n) is 2.66. The molecule has 0 aliphatic heterocycles. The molecule has 0 unspecified atom stereocenters. The maximum absolute atomic E-state index is 11.3. The molecule has 0 N–H and O–H groups in total. The molecule has 1 aliphatic rings. The molecule has 0 aromatic carbocycles. The molecular weight excluding hydrogens is 240 g/mol. The zero-order valence-electron chi connectivity index (χ0n) is 11.8. The molecule has 0 saturated heterocycles. The summed E-state index contributed by atoms with van der Waals surface area (Å²) >= 11 is 0. The van der Waals surface area contributed by atoms with Crippen molar-refractivity contribution in [1.29, 1.82) is 0 Å². The molecule has 0 bridgehead atoms. The van der Waals surface area contributed by atoms with Crippen LogP contribution in [-0.4, -0.2) is 36.1 Å². The minimum Gasteiger partial charge on any atom is -0.465 e. The van der Waals surface area contributed by atoms with E-state index in [1.165, 1.54) is 39.2 Å². The topological polar surface area (TPSA) is 42.4 Å². The van der Waals surface area contributed by atoms with E-state index in [1.807, 2.05) is 6.07 Å². The molecule has 0 radical (unpaired) electrons. The Bertz CT molecular complexity index is 411. The SMILES string of the molecule is COC(=O)c1ccc(CN(C)C2CCCCC2)nc1. The first kappa shape index (κ1) is 14.0. The van der Waals surface area contributed by atoms with Crippen LogP contribution < -0.4 is 0 Å². The molecule has 1 aliphatic carbocycles. The summed E-state index contributed by atoms with van der Waals surface area (Å²) in [7, 11) is 3.54. The van der Waals surface area contributed by atoms with E-state index >= 15 is 0 Å². The first-order chi connectivity index (χ1) is 9.20. The molecule has 1 aromatic rings. The van der Waals surface area contributed by atoms with Crippen LogP contribution in [0.2, 0.25) is 0 Å². The first-order valence-electron chi connectivity index (χ1n) is 6.94. The molecule has 1 fully saturated rings. The van der Waals surface area contributed by atoms with Crippen LogP contribution >= 0.6 is 0 Å². The number of ether oxygens (including phenoxy) is 1. The summed E-state index contributed by atoms with van der Waals surface area (Å²) in [5.41, 5.74) is 1.51. The Morgan fingerprint density at radius 3 is 2.68 bits per heavy atom. The Morgan fingerprint density at radius 2 is 2.11 bits per heavy atom. The third kappa shape index (κ3) is 3.77. The van der Waals surface area contributed by atoms with Gasteiger partial charge in [-0.05, 0) is 32.0 Å². The molecule has 4 nitrogen and oxygen atoms in total. The van der Waals surface area contributed by atoms with Crippen molar-refractivity contribution in [1.82, 2.24) is 9.88 Å². The number of carbonyl (C=O) groups excluding carboxylic acids is 1. The summed E-state index contributed by atoms with van der Waals surface area (Å²) in [6.07, 6.45) is 8.22. The zero-order valence-corrected chi connectivity index (χ0v) is 11.8. The van der Waals surface area contributed by atoms with Crippen LogP contribution in [0.15, 0.2) is 18.3 Å². The van der Waals surface area contributed by atoms with Gasteiger partial charge in [-0.1, -0.05) is 19.3 Å². The fourth-order valence-corrected chi connectivity index (χ4v) is 2.66. The van der Waals surface area contributed by atoms with E-state index in [4.69, 9.17) is 0 Å². The van der Waals surface area contributed by atoms with Crippen LogP contribution in [0.5, 0.6) is 0 Å². The van der Waals surface area contributed by atoms with Gasteiger partial charge in [0.15, 0.2) is 0 Å². The van der Waals surface area contributed by atoms with E-state index in [-0.39, 0.29) is 5.97 Å². The van der Waals surface area contributed by atoms with Crippen molar-refractivity contribution in [2.45, 2.75) is 44.7 Å². The van der Waals surface area contributed by atoms with Crippen molar-refractivity contribution in [3.8, 4) is 0 Å². The highest BCUT2D eigenvalue weighted by molar-refractivity contribution is 5.88. The number of methoxy groups -OCH3 is 1. The molecule has 0 amide bonds.